The van der Waals surface area contributed by atoms with Crippen molar-refractivity contribution in [2.24, 2.45) is 0 Å². The summed E-state index contributed by atoms with van der Waals surface area (Å²) in [4.78, 5) is 4.93. The first kappa shape index (κ1) is 15.6. The maximum absolute atomic E-state index is 5.58. The lowest BCUT2D eigenvalue weighted by Gasteiger charge is -2.39. The van der Waals surface area contributed by atoms with Crippen LogP contribution in [0, 0.1) is 0 Å². The van der Waals surface area contributed by atoms with E-state index in [2.05, 4.69) is 51.5 Å². The van der Waals surface area contributed by atoms with Crippen LogP contribution in [0.3, 0.4) is 0 Å². The maximum atomic E-state index is 5.58. The number of hydrogen-bond donors (Lipinski definition) is 1. The highest BCUT2D eigenvalue weighted by molar-refractivity contribution is 7.80. The van der Waals surface area contributed by atoms with Crippen molar-refractivity contribution < 1.29 is 0 Å². The maximum Gasteiger partial charge on any atom is 0.173 e. The van der Waals surface area contributed by atoms with Crippen molar-refractivity contribution in [1.29, 1.82) is 0 Å². The van der Waals surface area contributed by atoms with E-state index >= 15 is 0 Å². The first-order valence-electron chi connectivity index (χ1n) is 8.71. The van der Waals surface area contributed by atoms with E-state index in [0.717, 1.165) is 37.0 Å². The van der Waals surface area contributed by atoms with Crippen LogP contribution in [0.2, 0.25) is 0 Å². The summed E-state index contributed by atoms with van der Waals surface area (Å²) in [5.41, 5.74) is 4.13. The average Bonchev–Trinajstić information content (AvgIpc) is 3.07. The van der Waals surface area contributed by atoms with Gasteiger partial charge in [-0.05, 0) is 48.3 Å². The van der Waals surface area contributed by atoms with Crippen LogP contribution in [-0.4, -0.2) is 47.1 Å². The number of piperazine rings is 1. The Morgan fingerprint density at radius 3 is 2.04 bits per heavy atom. The molecule has 24 heavy (non-hydrogen) atoms. The van der Waals surface area contributed by atoms with E-state index in [1.807, 2.05) is 18.2 Å². The van der Waals surface area contributed by atoms with Gasteiger partial charge in [0.05, 0.1) is 0 Å². The van der Waals surface area contributed by atoms with E-state index in [4.69, 9.17) is 12.2 Å². The van der Waals surface area contributed by atoms with E-state index in [-0.39, 0.29) is 0 Å². The fourth-order valence-electron chi connectivity index (χ4n) is 3.81. The summed E-state index contributed by atoms with van der Waals surface area (Å²) in [5.74, 6) is 0. The summed E-state index contributed by atoms with van der Waals surface area (Å²) in [5, 5.41) is 4.19. The number of hydrogen-bond acceptors (Lipinski definition) is 2. The van der Waals surface area contributed by atoms with Gasteiger partial charge in [-0.3, -0.25) is 4.90 Å². The minimum atomic E-state index is 0.667. The smallest absolute Gasteiger partial charge is 0.173 e. The second kappa shape index (κ2) is 6.91. The number of thiocarbonyl (C=S) groups is 1. The van der Waals surface area contributed by atoms with Crippen LogP contribution in [0.4, 0.5) is 5.69 Å². The Morgan fingerprint density at radius 2 is 1.42 bits per heavy atom. The van der Waals surface area contributed by atoms with Gasteiger partial charge >= 0.3 is 0 Å². The van der Waals surface area contributed by atoms with Crippen LogP contribution in [-0.2, 0) is 12.8 Å². The Balaban J connectivity index is 1.30. The van der Waals surface area contributed by atoms with Crippen molar-refractivity contribution >= 4 is 23.0 Å². The molecule has 0 spiro atoms. The fourth-order valence-corrected chi connectivity index (χ4v) is 4.11. The van der Waals surface area contributed by atoms with Gasteiger partial charge in [0, 0.05) is 37.9 Å². The first-order valence-corrected chi connectivity index (χ1v) is 9.12. The van der Waals surface area contributed by atoms with E-state index in [1.165, 1.54) is 24.0 Å². The zero-order valence-corrected chi connectivity index (χ0v) is 14.6. The van der Waals surface area contributed by atoms with Gasteiger partial charge in [0.15, 0.2) is 5.11 Å². The molecule has 4 rings (SSSR count). The van der Waals surface area contributed by atoms with Crippen LogP contribution in [0.5, 0.6) is 0 Å². The molecule has 0 amide bonds. The monoisotopic (exact) mass is 337 g/mol. The van der Waals surface area contributed by atoms with Gasteiger partial charge in [-0.15, -0.1) is 0 Å². The molecule has 2 aromatic rings. The molecule has 2 aliphatic rings. The molecule has 0 atom stereocenters. The molecule has 0 radical (unpaired) electrons. The van der Waals surface area contributed by atoms with Gasteiger partial charge in [0.25, 0.3) is 0 Å². The Labute approximate surface area is 149 Å². The van der Waals surface area contributed by atoms with Gasteiger partial charge in [-0.2, -0.15) is 0 Å². The van der Waals surface area contributed by atoms with Gasteiger partial charge in [0.1, 0.15) is 0 Å². The summed E-state index contributed by atoms with van der Waals surface area (Å²) >= 11 is 5.58. The normalized spacial score (nSPS) is 18.4. The van der Waals surface area contributed by atoms with Crippen molar-refractivity contribution in [3.63, 3.8) is 0 Å². The third-order valence-corrected chi connectivity index (χ3v) is 5.53. The predicted octanol–water partition coefficient (Wildman–Crippen LogP) is 3.17. The summed E-state index contributed by atoms with van der Waals surface area (Å²) in [6.45, 7) is 4.20. The molecule has 1 aliphatic carbocycles. The number of fused-ring (bicyclic) bond motifs is 1. The van der Waals surface area contributed by atoms with Crippen molar-refractivity contribution in [3.8, 4) is 0 Å². The highest BCUT2D eigenvalue weighted by atomic mass is 32.1. The minimum Gasteiger partial charge on any atom is -0.346 e. The Kier molecular flexibility index (Phi) is 4.50. The topological polar surface area (TPSA) is 18.5 Å². The lowest BCUT2D eigenvalue weighted by molar-refractivity contribution is 0.137. The van der Waals surface area contributed by atoms with Crippen molar-refractivity contribution in [2.45, 2.75) is 18.9 Å². The van der Waals surface area contributed by atoms with Crippen LogP contribution in [0.1, 0.15) is 11.1 Å². The SMILES string of the molecule is S=C(Nc1ccccc1)N1CCN(C2Cc3ccccc3C2)CC1. The van der Waals surface area contributed by atoms with Crippen molar-refractivity contribution in [1.82, 2.24) is 9.80 Å². The lowest BCUT2D eigenvalue weighted by atomic mass is 10.1. The fraction of sp³-hybridized carbons (Fsp3) is 0.350. The molecule has 4 heteroatoms. The molecule has 3 nitrogen and oxygen atoms in total. The molecule has 0 unspecified atom stereocenters. The van der Waals surface area contributed by atoms with Crippen molar-refractivity contribution in [2.75, 3.05) is 31.5 Å². The zero-order valence-electron chi connectivity index (χ0n) is 13.8. The molecule has 124 valence electrons. The number of rotatable bonds is 2. The molecule has 1 aliphatic heterocycles. The molecule has 1 fully saturated rings. The van der Waals surface area contributed by atoms with Crippen LogP contribution >= 0.6 is 12.2 Å². The average molecular weight is 337 g/mol. The van der Waals surface area contributed by atoms with Gasteiger partial charge in [-0.1, -0.05) is 42.5 Å². The van der Waals surface area contributed by atoms with E-state index in [9.17, 15) is 0 Å². The standard InChI is InChI=1S/C20H23N3S/c24-20(21-18-8-2-1-3-9-18)23-12-10-22(11-13-23)19-14-16-6-4-5-7-17(16)15-19/h1-9,19H,10-15H2,(H,21,24). The van der Waals surface area contributed by atoms with Crippen molar-refractivity contribution in [3.05, 3.63) is 65.7 Å². The Bertz CT molecular complexity index is 683. The molecule has 0 saturated carbocycles. The van der Waals surface area contributed by atoms with Crippen LogP contribution in [0.15, 0.2) is 54.6 Å². The van der Waals surface area contributed by atoms with Crippen LogP contribution < -0.4 is 5.32 Å². The number of nitrogens with zero attached hydrogens (tertiary/aromatic N) is 2. The summed E-state index contributed by atoms with van der Waals surface area (Å²) < 4.78 is 0. The third-order valence-electron chi connectivity index (χ3n) is 5.17. The number of anilines is 1. The van der Waals surface area contributed by atoms with E-state index in [0.29, 0.717) is 6.04 Å². The van der Waals surface area contributed by atoms with Gasteiger partial charge in [0.2, 0.25) is 0 Å². The van der Waals surface area contributed by atoms with Crippen LogP contribution in [0.25, 0.3) is 0 Å². The highest BCUT2D eigenvalue weighted by Gasteiger charge is 2.29. The second-order valence-electron chi connectivity index (χ2n) is 6.65. The van der Waals surface area contributed by atoms with E-state index < -0.39 is 0 Å². The highest BCUT2D eigenvalue weighted by Crippen LogP contribution is 2.26. The predicted molar refractivity (Wildman–Crippen MR) is 103 cm³/mol. The number of nitrogens with one attached hydrogen (secondary N) is 1. The Morgan fingerprint density at radius 1 is 0.833 bits per heavy atom. The molecule has 1 N–H and O–H groups in total. The number of benzene rings is 2. The zero-order chi connectivity index (χ0) is 16.4. The second-order valence-corrected chi connectivity index (χ2v) is 7.04. The third kappa shape index (κ3) is 3.30. The molecular weight excluding hydrogens is 314 g/mol. The van der Waals surface area contributed by atoms with Gasteiger partial charge in [-0.25, -0.2) is 0 Å². The molecule has 0 bridgehead atoms. The minimum absolute atomic E-state index is 0.667. The summed E-state index contributed by atoms with van der Waals surface area (Å²) in [6, 6.07) is 19.7. The molecule has 2 aromatic carbocycles. The summed E-state index contributed by atoms with van der Waals surface area (Å²) in [7, 11) is 0. The van der Waals surface area contributed by atoms with Gasteiger partial charge < -0.3 is 10.2 Å². The lowest BCUT2D eigenvalue weighted by Crippen LogP contribution is -2.53. The van der Waals surface area contributed by atoms with E-state index in [1.54, 1.807) is 0 Å². The quantitative estimate of drug-likeness (QED) is 0.848. The molecule has 0 aromatic heterocycles. The molecule has 1 saturated heterocycles. The number of para-hydroxylation sites is 1. The largest absolute Gasteiger partial charge is 0.346 e. The first-order chi connectivity index (χ1) is 11.8. The summed E-state index contributed by atoms with van der Waals surface area (Å²) in [6.07, 6.45) is 2.39. The molecule has 1 heterocycles. The molecular formula is C20H23N3S. The Hall–Kier alpha value is -1.91.